The Balaban J connectivity index is 1.84. The van der Waals surface area contributed by atoms with Crippen molar-refractivity contribution in [3.05, 3.63) is 81.0 Å². The molecule has 4 heteroatoms. The predicted octanol–water partition coefficient (Wildman–Crippen LogP) is 2.81. The Labute approximate surface area is 133 Å². The van der Waals surface area contributed by atoms with Crippen molar-refractivity contribution in [2.45, 2.75) is 26.9 Å². The number of hydrogen-bond acceptors (Lipinski definition) is 2. The third-order valence-corrected chi connectivity index (χ3v) is 4.17. The molecule has 0 unspecified atom stereocenters. The maximum Gasteiger partial charge on any atom is 0.336 e. The summed E-state index contributed by atoms with van der Waals surface area (Å²) in [6.07, 6.45) is 0. The van der Waals surface area contributed by atoms with Crippen LogP contribution in [0.15, 0.2) is 51.7 Å². The Morgan fingerprint density at radius 2 is 1.78 bits per heavy atom. The summed E-state index contributed by atoms with van der Waals surface area (Å²) in [5.74, 6) is -0.230. The number of rotatable bonds is 4. The molecule has 3 nitrogen and oxygen atoms in total. The van der Waals surface area contributed by atoms with Gasteiger partial charge in [0.25, 0.3) is 0 Å². The molecule has 0 aliphatic carbocycles. The molecule has 0 aliphatic rings. The van der Waals surface area contributed by atoms with Gasteiger partial charge in [0.05, 0.1) is 0 Å². The van der Waals surface area contributed by atoms with Crippen LogP contribution in [0.25, 0.3) is 11.0 Å². The number of quaternary nitrogens is 1. The maximum absolute atomic E-state index is 12.9. The van der Waals surface area contributed by atoms with Crippen molar-refractivity contribution in [3.63, 3.8) is 0 Å². The van der Waals surface area contributed by atoms with E-state index in [0.717, 1.165) is 34.2 Å². The second-order valence-electron chi connectivity index (χ2n) is 5.80. The molecule has 118 valence electrons. The molecule has 3 aromatic rings. The first kappa shape index (κ1) is 15.4. The average molecular weight is 312 g/mol. The van der Waals surface area contributed by atoms with Gasteiger partial charge in [0.2, 0.25) is 0 Å². The average Bonchev–Trinajstić information content (AvgIpc) is 2.53. The largest absolute Gasteiger partial charge is 0.422 e. The van der Waals surface area contributed by atoms with Crippen LogP contribution in [0.2, 0.25) is 0 Å². The number of nitrogens with two attached hydrogens (primary N) is 1. The number of aryl methyl sites for hydroxylation is 2. The molecule has 2 N–H and O–H groups in total. The summed E-state index contributed by atoms with van der Waals surface area (Å²) in [6.45, 7) is 5.36. The van der Waals surface area contributed by atoms with E-state index in [9.17, 15) is 9.18 Å². The van der Waals surface area contributed by atoms with Crippen molar-refractivity contribution in [2.75, 3.05) is 0 Å². The fraction of sp³-hybridized carbons (Fsp3) is 0.211. The minimum absolute atomic E-state index is 0.230. The maximum atomic E-state index is 12.9. The predicted molar refractivity (Wildman–Crippen MR) is 87.7 cm³/mol. The lowest BCUT2D eigenvalue weighted by molar-refractivity contribution is -0.686. The van der Waals surface area contributed by atoms with E-state index < -0.39 is 0 Å². The highest BCUT2D eigenvalue weighted by Crippen LogP contribution is 2.22. The monoisotopic (exact) mass is 312 g/mol. The summed E-state index contributed by atoms with van der Waals surface area (Å²) in [6, 6.07) is 12.1. The first-order valence-electron chi connectivity index (χ1n) is 7.63. The molecule has 0 fully saturated rings. The molecule has 2 aromatic carbocycles. The molecule has 0 aliphatic heterocycles. The second-order valence-corrected chi connectivity index (χ2v) is 5.80. The van der Waals surface area contributed by atoms with Crippen LogP contribution in [-0.2, 0) is 13.1 Å². The molecule has 0 spiro atoms. The Morgan fingerprint density at radius 3 is 2.52 bits per heavy atom. The highest BCUT2D eigenvalue weighted by atomic mass is 19.1. The zero-order valence-electron chi connectivity index (χ0n) is 13.2. The number of hydrogen-bond donors (Lipinski definition) is 1. The molecule has 1 heterocycles. The Hall–Kier alpha value is -2.46. The minimum Gasteiger partial charge on any atom is -0.422 e. The first-order valence-corrected chi connectivity index (χ1v) is 7.63. The van der Waals surface area contributed by atoms with Crippen LogP contribution in [0, 0.1) is 19.7 Å². The molecule has 0 saturated carbocycles. The summed E-state index contributed by atoms with van der Waals surface area (Å²) in [5, 5.41) is 3.07. The van der Waals surface area contributed by atoms with Crippen molar-refractivity contribution in [3.8, 4) is 0 Å². The van der Waals surface area contributed by atoms with E-state index in [-0.39, 0.29) is 11.4 Å². The molecule has 0 radical (unpaired) electrons. The molecule has 1 aromatic heterocycles. The standard InChI is InChI=1S/C19H18FNO2/c1-12-3-8-17-15(9-18(22)23-19(17)13(12)2)11-21-10-14-4-6-16(20)7-5-14/h3-9,21H,10-11H2,1-2H3/p+1. The molecular formula is C19H19FNO2+. The summed E-state index contributed by atoms with van der Waals surface area (Å²) in [5.41, 5.74) is 4.46. The van der Waals surface area contributed by atoms with Crippen LogP contribution in [0.4, 0.5) is 4.39 Å². The molecule has 0 bridgehead atoms. The van der Waals surface area contributed by atoms with E-state index in [4.69, 9.17) is 4.42 Å². The molecule has 0 atom stereocenters. The molecule has 3 rings (SSSR count). The van der Waals surface area contributed by atoms with Gasteiger partial charge in [0.1, 0.15) is 24.5 Å². The first-order chi connectivity index (χ1) is 11.0. The van der Waals surface area contributed by atoms with Gasteiger partial charge >= 0.3 is 5.63 Å². The summed E-state index contributed by atoms with van der Waals surface area (Å²) in [4.78, 5) is 11.8. The van der Waals surface area contributed by atoms with Gasteiger partial charge in [0.15, 0.2) is 0 Å². The van der Waals surface area contributed by atoms with E-state index in [0.29, 0.717) is 12.1 Å². The molecular weight excluding hydrogens is 293 g/mol. The SMILES string of the molecule is Cc1ccc2c(C[NH2+]Cc3ccc(F)cc3)cc(=O)oc2c1C. The van der Waals surface area contributed by atoms with E-state index in [1.54, 1.807) is 18.2 Å². The summed E-state index contributed by atoms with van der Waals surface area (Å²) < 4.78 is 18.3. The smallest absolute Gasteiger partial charge is 0.336 e. The van der Waals surface area contributed by atoms with E-state index in [1.165, 1.54) is 12.1 Å². The van der Waals surface area contributed by atoms with Gasteiger partial charge in [-0.25, -0.2) is 9.18 Å². The van der Waals surface area contributed by atoms with Crippen LogP contribution < -0.4 is 10.9 Å². The Kier molecular flexibility index (Phi) is 4.26. The van der Waals surface area contributed by atoms with Crippen molar-refractivity contribution in [1.82, 2.24) is 0 Å². The topological polar surface area (TPSA) is 46.8 Å². The van der Waals surface area contributed by atoms with Crippen molar-refractivity contribution in [2.24, 2.45) is 0 Å². The van der Waals surface area contributed by atoms with Gasteiger partial charge in [-0.2, -0.15) is 0 Å². The summed E-state index contributed by atoms with van der Waals surface area (Å²) in [7, 11) is 0. The van der Waals surface area contributed by atoms with Crippen LogP contribution in [0.5, 0.6) is 0 Å². The number of benzene rings is 2. The fourth-order valence-corrected chi connectivity index (χ4v) is 2.71. The normalized spacial score (nSPS) is 11.1. The molecule has 0 amide bonds. The molecule has 0 saturated heterocycles. The molecule has 23 heavy (non-hydrogen) atoms. The zero-order chi connectivity index (χ0) is 16.4. The quantitative estimate of drug-likeness (QED) is 0.753. The van der Waals surface area contributed by atoms with Gasteiger partial charge in [-0.15, -0.1) is 0 Å². The zero-order valence-corrected chi connectivity index (χ0v) is 13.2. The van der Waals surface area contributed by atoms with Crippen molar-refractivity contribution < 1.29 is 14.1 Å². The van der Waals surface area contributed by atoms with E-state index in [1.807, 2.05) is 26.0 Å². The third kappa shape index (κ3) is 3.32. The van der Waals surface area contributed by atoms with Crippen molar-refractivity contribution in [1.29, 1.82) is 0 Å². The Bertz CT molecular complexity index is 898. The Morgan fingerprint density at radius 1 is 1.04 bits per heavy atom. The summed E-state index contributed by atoms with van der Waals surface area (Å²) >= 11 is 0. The fourth-order valence-electron chi connectivity index (χ4n) is 2.71. The van der Waals surface area contributed by atoms with Crippen LogP contribution in [0.1, 0.15) is 22.3 Å². The lowest BCUT2D eigenvalue weighted by Gasteiger charge is -2.08. The third-order valence-electron chi connectivity index (χ3n) is 4.17. The van der Waals surface area contributed by atoms with Gasteiger partial charge in [0, 0.05) is 22.6 Å². The van der Waals surface area contributed by atoms with E-state index in [2.05, 4.69) is 5.32 Å². The lowest BCUT2D eigenvalue weighted by Crippen LogP contribution is -2.80. The van der Waals surface area contributed by atoms with Crippen LogP contribution in [0.3, 0.4) is 0 Å². The van der Waals surface area contributed by atoms with Crippen LogP contribution in [-0.4, -0.2) is 0 Å². The van der Waals surface area contributed by atoms with Crippen LogP contribution >= 0.6 is 0 Å². The highest BCUT2D eigenvalue weighted by molar-refractivity contribution is 5.83. The second kappa shape index (κ2) is 6.34. The van der Waals surface area contributed by atoms with Gasteiger partial charge in [-0.05, 0) is 37.1 Å². The van der Waals surface area contributed by atoms with Gasteiger partial charge in [-0.1, -0.05) is 24.3 Å². The number of halogens is 1. The van der Waals surface area contributed by atoms with E-state index >= 15 is 0 Å². The van der Waals surface area contributed by atoms with Crippen molar-refractivity contribution >= 4 is 11.0 Å². The lowest BCUT2D eigenvalue weighted by atomic mass is 10.0. The number of fused-ring (bicyclic) bond motifs is 1. The minimum atomic E-state index is -0.323. The van der Waals surface area contributed by atoms with Gasteiger partial charge < -0.3 is 9.73 Å². The highest BCUT2D eigenvalue weighted by Gasteiger charge is 2.10. The van der Waals surface area contributed by atoms with Gasteiger partial charge in [-0.3, -0.25) is 0 Å².